The zero-order chi connectivity index (χ0) is 17.4. The van der Waals surface area contributed by atoms with Crippen LogP contribution in [0.25, 0.3) is 0 Å². The Labute approximate surface area is 133 Å². The molecule has 0 saturated heterocycles. The van der Waals surface area contributed by atoms with Crippen LogP contribution in [0.5, 0.6) is 0 Å². The van der Waals surface area contributed by atoms with E-state index < -0.39 is 45.4 Å². The molecule has 0 aromatic rings. The van der Waals surface area contributed by atoms with Crippen molar-refractivity contribution in [3.8, 4) is 0 Å². The van der Waals surface area contributed by atoms with E-state index in [2.05, 4.69) is 0 Å². The van der Waals surface area contributed by atoms with Crippen molar-refractivity contribution in [2.24, 2.45) is 5.92 Å². The van der Waals surface area contributed by atoms with E-state index in [0.29, 0.717) is 12.8 Å². The lowest BCUT2D eigenvalue weighted by atomic mass is 9.78. The van der Waals surface area contributed by atoms with Crippen molar-refractivity contribution in [2.45, 2.75) is 30.4 Å². The number of carboxylic acid groups (broad SMARTS) is 4. The van der Waals surface area contributed by atoms with Crippen LogP contribution < -0.4 is 0 Å². The van der Waals surface area contributed by atoms with Crippen molar-refractivity contribution >= 4 is 34.8 Å². The van der Waals surface area contributed by atoms with Crippen LogP contribution >= 0.6 is 10.9 Å². The van der Waals surface area contributed by atoms with Gasteiger partial charge in [0.05, 0.1) is 15.7 Å². The molecular weight excluding hydrogens is 328 g/mol. The number of hydrogen-bond acceptors (Lipinski definition) is 4. The lowest BCUT2D eigenvalue weighted by Gasteiger charge is -2.45. The molecule has 0 spiro atoms. The van der Waals surface area contributed by atoms with Crippen molar-refractivity contribution in [2.75, 3.05) is 0 Å². The van der Waals surface area contributed by atoms with Crippen LogP contribution in [0.2, 0.25) is 0 Å². The minimum atomic E-state index is -2.32. The van der Waals surface area contributed by atoms with Gasteiger partial charge >= 0.3 is 23.9 Å². The van der Waals surface area contributed by atoms with Gasteiger partial charge < -0.3 is 20.4 Å². The van der Waals surface area contributed by atoms with Crippen LogP contribution in [0, 0.1) is 5.92 Å². The topological polar surface area (TPSA) is 149 Å². The smallest absolute Gasteiger partial charge is 0.340 e. The highest BCUT2D eigenvalue weighted by Gasteiger charge is 2.58. The molecule has 1 saturated carbocycles. The molecule has 0 aromatic heterocycles. The van der Waals surface area contributed by atoms with Crippen molar-refractivity contribution in [3.05, 3.63) is 22.0 Å². The number of allylic oxidation sites excluding steroid dienone is 2. The van der Waals surface area contributed by atoms with Gasteiger partial charge in [0.2, 0.25) is 0 Å². The molecule has 0 radical (unpaired) electrons. The Bertz CT molecular complexity index is 619. The van der Waals surface area contributed by atoms with Gasteiger partial charge in [0.1, 0.15) is 4.75 Å². The summed E-state index contributed by atoms with van der Waals surface area (Å²) in [6, 6.07) is 0. The molecule has 2 aliphatic rings. The van der Waals surface area contributed by atoms with Gasteiger partial charge in [-0.1, -0.05) is 12.8 Å². The number of thiol groups is 1. The van der Waals surface area contributed by atoms with Gasteiger partial charge in [-0.3, -0.25) is 9.59 Å². The predicted molar refractivity (Wildman–Crippen MR) is 80.4 cm³/mol. The largest absolute Gasteiger partial charge is 0.481 e. The van der Waals surface area contributed by atoms with Crippen LogP contribution in [0.1, 0.15) is 25.7 Å². The van der Waals surface area contributed by atoms with Crippen molar-refractivity contribution in [3.63, 3.8) is 0 Å². The van der Waals surface area contributed by atoms with Gasteiger partial charge in [-0.05, 0) is 25.0 Å². The van der Waals surface area contributed by atoms with Gasteiger partial charge in [0.25, 0.3) is 0 Å². The van der Waals surface area contributed by atoms with Crippen molar-refractivity contribution < 1.29 is 39.6 Å². The summed E-state index contributed by atoms with van der Waals surface area (Å²) in [4.78, 5) is 45.9. The van der Waals surface area contributed by atoms with E-state index in [0.717, 1.165) is 12.2 Å². The van der Waals surface area contributed by atoms with Crippen LogP contribution in [0.3, 0.4) is 0 Å². The van der Waals surface area contributed by atoms with Gasteiger partial charge in [-0.2, -0.15) is 10.9 Å². The van der Waals surface area contributed by atoms with Gasteiger partial charge in [0.15, 0.2) is 0 Å². The quantitative estimate of drug-likeness (QED) is 0.464. The number of rotatable bonds is 5. The first kappa shape index (κ1) is 17.1. The first-order chi connectivity index (χ1) is 10.7. The molecule has 1 heterocycles. The van der Waals surface area contributed by atoms with E-state index in [4.69, 9.17) is 0 Å². The molecule has 1 fully saturated rings. The molecule has 4 N–H and O–H groups in total. The monoisotopic (exact) mass is 344 g/mol. The molecule has 0 bridgehead atoms. The van der Waals surface area contributed by atoms with Crippen LogP contribution in [-0.2, 0) is 19.2 Å². The van der Waals surface area contributed by atoms with E-state index in [1.807, 2.05) is 0 Å². The fourth-order valence-corrected chi connectivity index (χ4v) is 6.38. The number of carboxylic acids is 4. The summed E-state index contributed by atoms with van der Waals surface area (Å²) in [5.74, 6) is -6.94. The second kappa shape index (κ2) is 6.07. The normalized spacial score (nSPS) is 28.7. The highest BCUT2D eigenvalue weighted by molar-refractivity contribution is 8.27. The minimum absolute atomic E-state index is 0.0553. The molecule has 2 rings (SSSR count). The van der Waals surface area contributed by atoms with E-state index in [9.17, 15) is 39.6 Å². The molecule has 2 atom stereocenters. The molecule has 9 heteroatoms. The highest BCUT2D eigenvalue weighted by Crippen LogP contribution is 2.63. The van der Waals surface area contributed by atoms with Crippen LogP contribution in [0.15, 0.2) is 22.0 Å². The Kier molecular flexibility index (Phi) is 4.51. The molecule has 1 aliphatic carbocycles. The lowest BCUT2D eigenvalue weighted by molar-refractivity contribution is -0.153. The van der Waals surface area contributed by atoms with E-state index in [1.165, 1.54) is 0 Å². The average molecular weight is 344 g/mol. The van der Waals surface area contributed by atoms with Gasteiger partial charge in [0, 0.05) is 0 Å². The zero-order valence-corrected chi connectivity index (χ0v) is 12.8. The number of carbonyl (C=O) groups is 4. The Morgan fingerprint density at radius 3 is 1.87 bits per heavy atom. The van der Waals surface area contributed by atoms with Crippen molar-refractivity contribution in [1.82, 2.24) is 0 Å². The predicted octanol–water partition coefficient (Wildman–Crippen LogP) is 1.04. The Balaban J connectivity index is 2.66. The Morgan fingerprint density at radius 1 is 0.957 bits per heavy atom. The summed E-state index contributed by atoms with van der Waals surface area (Å²) in [5, 5.41) is 37.9. The molecule has 23 heavy (non-hydrogen) atoms. The summed E-state index contributed by atoms with van der Waals surface area (Å²) < 4.78 is -1.91. The third-order valence-electron chi connectivity index (χ3n) is 4.26. The fourth-order valence-electron chi connectivity index (χ4n) is 3.30. The number of aliphatic carboxylic acids is 4. The third-order valence-corrected chi connectivity index (χ3v) is 7.43. The second-order valence-electron chi connectivity index (χ2n) is 5.42. The summed E-state index contributed by atoms with van der Waals surface area (Å²) in [6.45, 7) is 0. The fraction of sp³-hybridized carbons (Fsp3) is 0.429. The SMILES string of the molecule is O=C(O)C1=CC=C(C(=O)O)[SH]1C1(C(=O)O)CCCCC1C(=O)O. The molecule has 0 aromatic carbocycles. The summed E-state index contributed by atoms with van der Waals surface area (Å²) >= 11 is 0. The van der Waals surface area contributed by atoms with Gasteiger partial charge in [-0.15, -0.1) is 0 Å². The zero-order valence-electron chi connectivity index (χ0n) is 11.9. The molecule has 8 nitrogen and oxygen atoms in total. The first-order valence-corrected chi connectivity index (χ1v) is 8.22. The molecule has 1 aliphatic heterocycles. The third kappa shape index (κ3) is 2.61. The van der Waals surface area contributed by atoms with Crippen LogP contribution in [0.4, 0.5) is 0 Å². The number of hydrogen-bond donors (Lipinski definition) is 5. The van der Waals surface area contributed by atoms with E-state index >= 15 is 0 Å². The Morgan fingerprint density at radius 2 is 1.48 bits per heavy atom. The summed E-state index contributed by atoms with van der Waals surface area (Å²) in [6.07, 6.45) is 3.11. The van der Waals surface area contributed by atoms with Crippen molar-refractivity contribution in [1.29, 1.82) is 0 Å². The van der Waals surface area contributed by atoms with Gasteiger partial charge in [-0.25, -0.2) is 9.59 Å². The first-order valence-electron chi connectivity index (χ1n) is 6.88. The summed E-state index contributed by atoms with van der Waals surface area (Å²) in [7, 11) is -2.32. The summed E-state index contributed by atoms with van der Waals surface area (Å²) in [5.41, 5.74) is 0. The maximum absolute atomic E-state index is 12.0. The Hall–Kier alpha value is -2.29. The molecule has 2 unspecified atom stereocenters. The van der Waals surface area contributed by atoms with Crippen LogP contribution in [-0.4, -0.2) is 49.1 Å². The molecule has 126 valence electrons. The maximum Gasteiger partial charge on any atom is 0.340 e. The molecular formula is C14H16O8S. The van der Waals surface area contributed by atoms with E-state index in [-0.39, 0.29) is 22.7 Å². The minimum Gasteiger partial charge on any atom is -0.481 e. The molecule has 0 amide bonds. The average Bonchev–Trinajstić information content (AvgIpc) is 2.92. The second-order valence-corrected chi connectivity index (χ2v) is 7.85. The maximum atomic E-state index is 12.0. The standard InChI is InChI=1S/C14H16O8S/c15-10(16)7-3-1-2-6-14(7,13(21)22)23-8(11(17)18)4-5-9(23)12(19)20/h4-5,7,23H,1-3,6H2,(H,15,16)(H,17,18)(H,19,20)(H,21,22). The van der Waals surface area contributed by atoms with E-state index in [1.54, 1.807) is 0 Å². The highest BCUT2D eigenvalue weighted by atomic mass is 32.2. The lowest BCUT2D eigenvalue weighted by Crippen LogP contribution is -2.51.